The number of methoxy groups -OCH3 is 1. The van der Waals surface area contributed by atoms with Gasteiger partial charge in [-0.15, -0.1) is 0 Å². The van der Waals surface area contributed by atoms with E-state index in [2.05, 4.69) is 15.0 Å². The fraction of sp³-hybridized carbons (Fsp3) is 0.182. The third-order valence-corrected chi connectivity index (χ3v) is 4.57. The predicted molar refractivity (Wildman–Crippen MR) is 108 cm³/mol. The van der Waals surface area contributed by atoms with Gasteiger partial charge in [0, 0.05) is 35.5 Å². The van der Waals surface area contributed by atoms with Crippen LogP contribution in [0.25, 0.3) is 22.2 Å². The molecule has 0 N–H and O–H groups in total. The number of pyridine rings is 2. The molecular weight excluding hydrogens is 352 g/mol. The van der Waals surface area contributed by atoms with Crippen molar-refractivity contribution < 1.29 is 15.0 Å². The number of carbonyl (C=O) groups excluding carboxylic acids is 1. The summed E-state index contributed by atoms with van der Waals surface area (Å²) in [5, 5.41) is 0.786. The molecule has 0 amide bonds. The molecule has 0 saturated carbocycles. The zero-order chi connectivity index (χ0) is 23.2. The zero-order valence-electron chi connectivity index (χ0n) is 19.7. The van der Waals surface area contributed by atoms with Gasteiger partial charge in [0.15, 0.2) is 5.78 Å². The van der Waals surface area contributed by atoms with Crippen LogP contribution in [0.2, 0.25) is 0 Å². The number of imidazole rings is 1. The van der Waals surface area contributed by atoms with Gasteiger partial charge >= 0.3 is 0 Å². The largest absolute Gasteiger partial charge is 0.497 e. The summed E-state index contributed by atoms with van der Waals surface area (Å²) in [5.41, 5.74) is 2.61. The van der Waals surface area contributed by atoms with E-state index in [4.69, 9.17) is 10.2 Å². The lowest BCUT2D eigenvalue weighted by molar-refractivity contribution is 0.0992. The van der Waals surface area contributed by atoms with Crippen molar-refractivity contribution >= 4 is 16.7 Å². The maximum atomic E-state index is 12.9. The van der Waals surface area contributed by atoms with E-state index in [0.29, 0.717) is 11.2 Å². The van der Waals surface area contributed by atoms with Crippen LogP contribution >= 0.6 is 0 Å². The van der Waals surface area contributed by atoms with Crippen LogP contribution in [0.5, 0.6) is 5.75 Å². The van der Waals surface area contributed by atoms with Crippen LogP contribution in [0.15, 0.2) is 54.9 Å². The number of Topliss-reactive ketones (excluding diaryl/α,β-unsaturated/α-hetero) is 1. The van der Waals surface area contributed by atoms with Gasteiger partial charge in [0.1, 0.15) is 11.6 Å². The zero-order valence-corrected chi connectivity index (χ0v) is 15.7. The second kappa shape index (κ2) is 7.23. The van der Waals surface area contributed by atoms with E-state index in [0.717, 1.165) is 22.5 Å². The van der Waals surface area contributed by atoms with Crippen LogP contribution < -0.4 is 4.74 Å². The second-order valence-corrected chi connectivity index (χ2v) is 6.35. The molecule has 4 rings (SSSR count). The summed E-state index contributed by atoms with van der Waals surface area (Å²) in [5.74, 6) is 0.132. The molecule has 0 aliphatic rings. The Morgan fingerprint density at radius 2 is 1.89 bits per heavy atom. The van der Waals surface area contributed by atoms with Gasteiger partial charge in [-0.2, -0.15) is 0 Å². The minimum absolute atomic E-state index is 0.173. The molecule has 3 aromatic heterocycles. The quantitative estimate of drug-likeness (QED) is 0.496. The Labute approximate surface area is 168 Å². The normalized spacial score (nSPS) is 13.0. The van der Waals surface area contributed by atoms with Crippen LogP contribution in [-0.2, 0) is 13.5 Å². The third kappa shape index (κ3) is 3.36. The Hall–Kier alpha value is -3.54. The highest BCUT2D eigenvalue weighted by Crippen LogP contribution is 2.23. The average molecular weight is 376 g/mol. The summed E-state index contributed by atoms with van der Waals surface area (Å²) in [4.78, 5) is 26.0. The van der Waals surface area contributed by atoms with Crippen molar-refractivity contribution in [2.24, 2.45) is 7.05 Å². The lowest BCUT2D eigenvalue weighted by Gasteiger charge is -2.07. The minimum Gasteiger partial charge on any atom is -0.497 e. The average Bonchev–Trinajstić information content (AvgIpc) is 3.11. The van der Waals surface area contributed by atoms with E-state index >= 15 is 0 Å². The smallest absolute Gasteiger partial charge is 0.168 e. The molecule has 0 saturated heterocycles. The van der Waals surface area contributed by atoms with E-state index in [9.17, 15) is 4.79 Å². The number of benzene rings is 1. The van der Waals surface area contributed by atoms with Crippen molar-refractivity contribution in [3.05, 3.63) is 72.0 Å². The molecule has 0 unspecified atom stereocenters. The Balaban J connectivity index is 1.71. The highest BCUT2D eigenvalue weighted by Gasteiger charge is 2.11. The van der Waals surface area contributed by atoms with Crippen LogP contribution in [0.3, 0.4) is 0 Å². The van der Waals surface area contributed by atoms with E-state index in [1.807, 2.05) is 24.6 Å². The Morgan fingerprint density at radius 1 is 1.11 bits per heavy atom. The van der Waals surface area contributed by atoms with Crippen LogP contribution in [-0.4, -0.2) is 32.4 Å². The topological polar surface area (TPSA) is 69.9 Å². The first-order valence-corrected chi connectivity index (χ1v) is 8.63. The number of rotatable bonds is 5. The Kier molecular flexibility index (Phi) is 3.51. The Morgan fingerprint density at radius 3 is 2.57 bits per heavy atom. The first-order valence-electron chi connectivity index (χ1n) is 10.6. The highest BCUT2D eigenvalue weighted by molar-refractivity contribution is 5.97. The molecule has 0 radical (unpaired) electrons. The lowest BCUT2D eigenvalue weighted by atomic mass is 10.0. The number of fused-ring (bicyclic) bond motifs is 1. The molecule has 4 aromatic rings. The monoisotopic (exact) mass is 376 g/mol. The summed E-state index contributed by atoms with van der Waals surface area (Å²) in [7, 11) is 3.19. The maximum Gasteiger partial charge on any atom is 0.168 e. The standard InChI is InChI=1S/C22H20N4O2/c1-14-23-13-21(26(14)2)17-8-16-9-18(24-12-20(16)25-11-17)10-22(27)15-4-6-19(28-3)7-5-15/h4-9,11-13H,10H2,1-3H3/i4D,5D,6D,7D. The molecule has 0 spiro atoms. The number of hydrogen-bond donors (Lipinski definition) is 0. The van der Waals surface area contributed by atoms with E-state index in [1.165, 1.54) is 7.11 Å². The van der Waals surface area contributed by atoms with Crippen molar-refractivity contribution in [3.8, 4) is 17.0 Å². The van der Waals surface area contributed by atoms with Crippen molar-refractivity contribution in [2.75, 3.05) is 7.11 Å². The third-order valence-electron chi connectivity index (χ3n) is 4.57. The fourth-order valence-corrected chi connectivity index (χ4v) is 2.88. The van der Waals surface area contributed by atoms with Gasteiger partial charge in [-0.05, 0) is 43.2 Å². The molecule has 6 heteroatoms. The summed E-state index contributed by atoms with van der Waals surface area (Å²) in [6.07, 6.45) is 4.91. The predicted octanol–water partition coefficient (Wildman–Crippen LogP) is 3.77. The number of aryl methyl sites for hydroxylation is 1. The first kappa shape index (κ1) is 13.6. The fourth-order valence-electron chi connectivity index (χ4n) is 2.88. The second-order valence-electron chi connectivity index (χ2n) is 6.35. The summed E-state index contributed by atoms with van der Waals surface area (Å²) in [6, 6.07) is 2.06. The van der Waals surface area contributed by atoms with Crippen molar-refractivity contribution in [3.63, 3.8) is 0 Å². The number of ketones is 1. The highest BCUT2D eigenvalue weighted by atomic mass is 16.5. The molecule has 0 atom stereocenters. The summed E-state index contributed by atoms with van der Waals surface area (Å²) >= 11 is 0. The van der Waals surface area contributed by atoms with E-state index < -0.39 is 17.9 Å². The number of aromatic nitrogens is 4. The summed E-state index contributed by atoms with van der Waals surface area (Å²) in [6.45, 7) is 1.91. The molecule has 140 valence electrons. The van der Waals surface area contributed by atoms with Crippen LogP contribution in [0.4, 0.5) is 0 Å². The molecular formula is C22H20N4O2. The number of ether oxygens (including phenoxy) is 1. The van der Waals surface area contributed by atoms with Crippen molar-refractivity contribution in [1.29, 1.82) is 0 Å². The molecule has 0 aliphatic heterocycles. The SMILES string of the molecule is [2H]c1c([2H])c(C(=O)Cc2cc3cc(-c4cnc(C)n4C)cnc3cn2)c([2H])c([2H])c1OC. The van der Waals surface area contributed by atoms with Gasteiger partial charge in [-0.1, -0.05) is 0 Å². The van der Waals surface area contributed by atoms with Gasteiger partial charge in [-0.3, -0.25) is 14.8 Å². The lowest BCUT2D eigenvalue weighted by Crippen LogP contribution is -2.05. The van der Waals surface area contributed by atoms with E-state index in [1.54, 1.807) is 24.7 Å². The number of nitrogens with zero attached hydrogens (tertiary/aromatic N) is 4. The Bertz CT molecular complexity index is 1360. The van der Waals surface area contributed by atoms with Crippen LogP contribution in [0.1, 0.15) is 27.4 Å². The van der Waals surface area contributed by atoms with Crippen LogP contribution in [0, 0.1) is 6.92 Å². The molecule has 6 nitrogen and oxygen atoms in total. The van der Waals surface area contributed by atoms with Gasteiger partial charge in [0.25, 0.3) is 0 Å². The van der Waals surface area contributed by atoms with Gasteiger partial charge < -0.3 is 9.30 Å². The molecule has 0 bridgehead atoms. The first-order chi connectivity index (χ1) is 15.2. The summed E-state index contributed by atoms with van der Waals surface area (Å²) < 4.78 is 39.1. The number of carbonyl (C=O) groups is 1. The van der Waals surface area contributed by atoms with E-state index in [-0.39, 0.29) is 29.8 Å². The van der Waals surface area contributed by atoms with Gasteiger partial charge in [0.2, 0.25) is 0 Å². The number of hydrogen-bond acceptors (Lipinski definition) is 5. The minimum atomic E-state index is -0.553. The molecule has 3 heterocycles. The molecule has 0 fully saturated rings. The van der Waals surface area contributed by atoms with Gasteiger partial charge in [0.05, 0.1) is 42.6 Å². The molecule has 0 aliphatic carbocycles. The molecule has 1 aromatic carbocycles. The van der Waals surface area contributed by atoms with Crippen molar-refractivity contribution in [2.45, 2.75) is 13.3 Å². The van der Waals surface area contributed by atoms with Gasteiger partial charge in [-0.25, -0.2) is 4.98 Å². The molecule has 28 heavy (non-hydrogen) atoms. The maximum absolute atomic E-state index is 12.9. The van der Waals surface area contributed by atoms with Crippen molar-refractivity contribution in [1.82, 2.24) is 19.5 Å².